The van der Waals surface area contributed by atoms with Crippen LogP contribution in [0.3, 0.4) is 0 Å². The number of ether oxygens (including phenoxy) is 3. The summed E-state index contributed by atoms with van der Waals surface area (Å²) >= 11 is 0. The van der Waals surface area contributed by atoms with Gasteiger partial charge in [-0.1, -0.05) is 50.8 Å². The minimum Gasteiger partial charge on any atom is -0.496 e. The Morgan fingerprint density at radius 1 is 1.04 bits per heavy atom. The van der Waals surface area contributed by atoms with Crippen LogP contribution in [0.2, 0.25) is 0 Å². The van der Waals surface area contributed by atoms with Crippen LogP contribution in [-0.4, -0.2) is 78.6 Å². The van der Waals surface area contributed by atoms with E-state index in [9.17, 15) is 29.1 Å². The molecule has 0 aromatic heterocycles. The van der Waals surface area contributed by atoms with E-state index in [1.807, 2.05) is 13.8 Å². The number of Topliss-reactive ketones (excluding diaryl/α,β-unsaturated/α-hetero) is 1. The van der Waals surface area contributed by atoms with Crippen LogP contribution in [0.4, 0.5) is 10.5 Å². The molecule has 266 valence electrons. The average Bonchev–Trinajstić information content (AvgIpc) is 3.08. The predicted molar refractivity (Wildman–Crippen MR) is 184 cm³/mol. The topological polar surface area (TPSA) is 161 Å². The highest BCUT2D eigenvalue weighted by Gasteiger charge is 2.30. The number of piperidine rings is 1. The van der Waals surface area contributed by atoms with Gasteiger partial charge in [0.1, 0.15) is 19.0 Å². The lowest BCUT2D eigenvalue weighted by atomic mass is 9.91. The number of benzene rings is 2. The molecule has 3 rings (SSSR count). The van der Waals surface area contributed by atoms with E-state index in [0.717, 1.165) is 18.4 Å². The minimum atomic E-state index is -0.771. The number of aliphatic hydroxyl groups excluding tert-OH is 1. The Hall–Kier alpha value is -4.71. The number of hydrogen-bond acceptors (Lipinski definition) is 9. The van der Waals surface area contributed by atoms with E-state index in [1.165, 1.54) is 13.2 Å². The zero-order valence-corrected chi connectivity index (χ0v) is 29.1. The van der Waals surface area contributed by atoms with Gasteiger partial charge in [0.2, 0.25) is 5.91 Å². The summed E-state index contributed by atoms with van der Waals surface area (Å²) in [6.07, 6.45) is 3.13. The lowest BCUT2D eigenvalue weighted by Crippen LogP contribution is -2.45. The summed E-state index contributed by atoms with van der Waals surface area (Å²) in [6, 6.07) is 9.14. The van der Waals surface area contributed by atoms with Gasteiger partial charge in [-0.3, -0.25) is 24.5 Å². The fraction of sp³-hybridized carbons (Fsp3) is 0.486. The monoisotopic (exact) mass is 679 g/mol. The Kier molecular flexibility index (Phi) is 14.8. The van der Waals surface area contributed by atoms with Crippen LogP contribution in [0, 0.1) is 18.8 Å². The fourth-order valence-corrected chi connectivity index (χ4v) is 5.63. The quantitative estimate of drug-likeness (QED) is 0.168. The second-order valence-electron chi connectivity index (χ2n) is 12.6. The lowest BCUT2D eigenvalue weighted by molar-refractivity contribution is -0.146. The molecule has 49 heavy (non-hydrogen) atoms. The number of carbonyl (C=O) groups is 5. The van der Waals surface area contributed by atoms with Gasteiger partial charge in [0.25, 0.3) is 5.91 Å². The molecule has 3 atom stereocenters. The van der Waals surface area contributed by atoms with Crippen molar-refractivity contribution in [3.05, 3.63) is 71.3 Å². The SMILES string of the molecule is C=CCOC(=O)C[C@H](C(=O)N[C@@H](C)C(=O)Cc1ccc(COC(=O)Nc2cc(C)c(OC)cc2C(=O)N2CCCC[C@H]2CO)cc1)C(C)C. The molecule has 0 bridgehead atoms. The van der Waals surface area contributed by atoms with Crippen molar-refractivity contribution < 1.29 is 43.3 Å². The molecule has 1 fully saturated rings. The van der Waals surface area contributed by atoms with Crippen molar-refractivity contribution in [1.82, 2.24) is 10.2 Å². The molecule has 1 aliphatic rings. The summed E-state index contributed by atoms with van der Waals surface area (Å²) in [7, 11) is 1.51. The third-order valence-corrected chi connectivity index (χ3v) is 8.60. The molecule has 0 saturated carbocycles. The number of amides is 3. The summed E-state index contributed by atoms with van der Waals surface area (Å²) in [5.41, 5.74) is 2.62. The molecule has 1 saturated heterocycles. The molecule has 0 aliphatic carbocycles. The molecular weight excluding hydrogens is 630 g/mol. The zero-order valence-electron chi connectivity index (χ0n) is 29.1. The number of esters is 1. The normalized spacial score (nSPS) is 15.5. The van der Waals surface area contributed by atoms with Crippen LogP contribution in [-0.2, 0) is 36.9 Å². The van der Waals surface area contributed by atoms with E-state index in [2.05, 4.69) is 17.2 Å². The minimum absolute atomic E-state index is 0.0600. The summed E-state index contributed by atoms with van der Waals surface area (Å²) in [5, 5.41) is 15.3. The first kappa shape index (κ1) is 38.7. The van der Waals surface area contributed by atoms with Crippen molar-refractivity contribution in [2.45, 2.75) is 78.5 Å². The molecule has 1 aliphatic heterocycles. The van der Waals surface area contributed by atoms with Gasteiger partial charge in [0, 0.05) is 13.0 Å². The summed E-state index contributed by atoms with van der Waals surface area (Å²) in [5.74, 6) is -1.69. The second kappa shape index (κ2) is 18.7. The molecule has 12 heteroatoms. The number of rotatable bonds is 16. The highest BCUT2D eigenvalue weighted by Crippen LogP contribution is 2.30. The number of carbonyl (C=O) groups excluding carboxylic acids is 5. The molecule has 12 nitrogen and oxygen atoms in total. The first-order valence-electron chi connectivity index (χ1n) is 16.6. The van der Waals surface area contributed by atoms with Crippen LogP contribution in [0.1, 0.15) is 73.5 Å². The Morgan fingerprint density at radius 3 is 2.37 bits per heavy atom. The number of likely N-dealkylation sites (tertiary alicyclic amines) is 1. The number of methoxy groups -OCH3 is 1. The standard InChI is InChI=1S/C37H49N3O9/c1-7-16-48-34(43)20-29(23(2)3)35(44)38-25(5)32(42)18-26-11-13-27(14-12-26)22-49-37(46)39-31-17-24(4)33(47-6)19-30(31)36(45)40-15-9-8-10-28(40)21-41/h7,11-14,17,19,23,25,28-29,41H,1,8-10,15-16,18,20-22H2,2-6H3,(H,38,44)(H,39,46)/t25-,28-,29-/m0/s1. The molecule has 0 unspecified atom stereocenters. The van der Waals surface area contributed by atoms with Gasteiger partial charge >= 0.3 is 12.1 Å². The summed E-state index contributed by atoms with van der Waals surface area (Å²) in [4.78, 5) is 65.9. The highest BCUT2D eigenvalue weighted by molar-refractivity contribution is 6.03. The molecular formula is C37H49N3O9. The molecule has 2 aromatic carbocycles. The number of aryl methyl sites for hydroxylation is 1. The number of aliphatic hydroxyl groups is 1. The van der Waals surface area contributed by atoms with Gasteiger partial charge in [0.15, 0.2) is 5.78 Å². The number of hydrogen-bond donors (Lipinski definition) is 3. The van der Waals surface area contributed by atoms with Gasteiger partial charge in [-0.2, -0.15) is 0 Å². The van der Waals surface area contributed by atoms with E-state index >= 15 is 0 Å². The molecule has 3 amide bonds. The zero-order chi connectivity index (χ0) is 36.1. The highest BCUT2D eigenvalue weighted by atomic mass is 16.5. The fourth-order valence-electron chi connectivity index (χ4n) is 5.63. The van der Waals surface area contributed by atoms with Gasteiger partial charge in [-0.15, -0.1) is 0 Å². The lowest BCUT2D eigenvalue weighted by Gasteiger charge is -2.35. The van der Waals surface area contributed by atoms with E-state index in [1.54, 1.807) is 55.1 Å². The van der Waals surface area contributed by atoms with Crippen LogP contribution < -0.4 is 15.4 Å². The van der Waals surface area contributed by atoms with Crippen LogP contribution >= 0.6 is 0 Å². The van der Waals surface area contributed by atoms with Crippen LogP contribution in [0.5, 0.6) is 5.75 Å². The average molecular weight is 680 g/mol. The Labute approximate surface area is 288 Å². The maximum Gasteiger partial charge on any atom is 0.411 e. The van der Waals surface area contributed by atoms with Crippen molar-refractivity contribution in [3.63, 3.8) is 0 Å². The number of nitrogens with zero attached hydrogens (tertiary/aromatic N) is 1. The summed E-state index contributed by atoms with van der Waals surface area (Å²) < 4.78 is 15.9. The molecule has 0 radical (unpaired) electrons. The maximum atomic E-state index is 13.6. The first-order chi connectivity index (χ1) is 23.4. The molecule has 0 spiro atoms. The van der Waals surface area contributed by atoms with Gasteiger partial charge in [-0.05, 0) is 67.9 Å². The van der Waals surface area contributed by atoms with E-state index < -0.39 is 24.0 Å². The van der Waals surface area contributed by atoms with Gasteiger partial charge in [-0.25, -0.2) is 4.79 Å². The molecule has 2 aromatic rings. The van der Waals surface area contributed by atoms with Crippen molar-refractivity contribution in [2.24, 2.45) is 11.8 Å². The van der Waals surface area contributed by atoms with E-state index in [-0.39, 0.29) is 73.5 Å². The van der Waals surface area contributed by atoms with Crippen molar-refractivity contribution in [1.29, 1.82) is 0 Å². The van der Waals surface area contributed by atoms with Crippen molar-refractivity contribution in [2.75, 3.05) is 32.2 Å². The molecule has 3 N–H and O–H groups in total. The van der Waals surface area contributed by atoms with Gasteiger partial charge in [0.05, 0.1) is 49.4 Å². The second-order valence-corrected chi connectivity index (χ2v) is 12.6. The first-order valence-corrected chi connectivity index (χ1v) is 16.6. The van der Waals surface area contributed by atoms with Crippen LogP contribution in [0.25, 0.3) is 0 Å². The maximum absolute atomic E-state index is 13.6. The van der Waals surface area contributed by atoms with Crippen LogP contribution in [0.15, 0.2) is 49.1 Å². The van der Waals surface area contributed by atoms with E-state index in [0.29, 0.717) is 29.8 Å². The van der Waals surface area contributed by atoms with Crippen molar-refractivity contribution in [3.8, 4) is 5.75 Å². The largest absolute Gasteiger partial charge is 0.496 e. The number of nitrogens with one attached hydrogen (secondary N) is 2. The Morgan fingerprint density at radius 2 is 1.73 bits per heavy atom. The Bertz CT molecular complexity index is 1490. The Balaban J connectivity index is 1.57. The van der Waals surface area contributed by atoms with E-state index in [4.69, 9.17) is 14.2 Å². The van der Waals surface area contributed by atoms with Crippen molar-refractivity contribution >= 4 is 35.3 Å². The third-order valence-electron chi connectivity index (χ3n) is 8.60. The smallest absolute Gasteiger partial charge is 0.411 e. The number of ketones is 1. The molecule has 1 heterocycles. The summed E-state index contributed by atoms with van der Waals surface area (Å²) in [6.45, 7) is 10.9. The predicted octanol–water partition coefficient (Wildman–Crippen LogP) is 4.75. The number of anilines is 1. The third kappa shape index (κ3) is 11.2. The van der Waals surface area contributed by atoms with Gasteiger partial charge < -0.3 is 29.5 Å².